The highest BCUT2D eigenvalue weighted by Gasteiger charge is 2.28. The maximum atomic E-state index is 12.5. The Labute approximate surface area is 150 Å². The Hall–Kier alpha value is -3.10. The largest absolute Gasteiger partial charge is 0.339 e. The highest BCUT2D eigenvalue weighted by atomic mass is 16.5. The maximum absolute atomic E-state index is 12.5. The number of nitrogens with zero attached hydrogens (tertiary/aromatic N) is 5. The average Bonchev–Trinajstić information content (AvgIpc) is 3.12. The van der Waals surface area contributed by atoms with Crippen molar-refractivity contribution in [3.63, 3.8) is 0 Å². The lowest BCUT2D eigenvalue weighted by atomic mass is 10.0. The molecule has 2 aromatic rings. The van der Waals surface area contributed by atoms with E-state index in [0.29, 0.717) is 23.8 Å². The van der Waals surface area contributed by atoms with E-state index in [1.165, 1.54) is 12.1 Å². The number of aromatic nitrogens is 3. The molecule has 1 aliphatic rings. The van der Waals surface area contributed by atoms with Crippen molar-refractivity contribution < 1.29 is 14.1 Å². The van der Waals surface area contributed by atoms with E-state index in [-0.39, 0.29) is 24.2 Å². The zero-order valence-corrected chi connectivity index (χ0v) is 14.8. The van der Waals surface area contributed by atoms with Crippen molar-refractivity contribution in [1.29, 1.82) is 0 Å². The summed E-state index contributed by atoms with van der Waals surface area (Å²) in [5.41, 5.74) is 1.04. The minimum absolute atomic E-state index is 0.0182. The van der Waals surface area contributed by atoms with Gasteiger partial charge in [0.1, 0.15) is 11.8 Å². The second kappa shape index (κ2) is 7.42. The highest BCUT2D eigenvalue weighted by Crippen LogP contribution is 2.23. The zero-order valence-electron chi connectivity index (χ0n) is 14.8. The minimum Gasteiger partial charge on any atom is -0.339 e. The molecule has 0 aliphatic carbocycles. The van der Waals surface area contributed by atoms with Crippen molar-refractivity contribution in [2.24, 2.45) is 11.0 Å². The van der Waals surface area contributed by atoms with E-state index in [1.807, 2.05) is 19.9 Å². The second-order valence-electron chi connectivity index (χ2n) is 6.36. The monoisotopic (exact) mass is 356 g/mol. The molecule has 0 radical (unpaired) electrons. The summed E-state index contributed by atoms with van der Waals surface area (Å²) in [6, 6.07) is 3.14. The van der Waals surface area contributed by atoms with Gasteiger partial charge in [0, 0.05) is 37.8 Å². The number of pyridine rings is 1. The Morgan fingerprint density at radius 1 is 1.35 bits per heavy atom. The molecule has 26 heavy (non-hydrogen) atoms. The minimum atomic E-state index is -0.467. The summed E-state index contributed by atoms with van der Waals surface area (Å²) < 4.78 is 5.36. The Morgan fingerprint density at radius 2 is 2.15 bits per heavy atom. The van der Waals surface area contributed by atoms with Crippen LogP contribution in [-0.4, -0.2) is 44.7 Å². The van der Waals surface area contributed by atoms with Gasteiger partial charge < -0.3 is 9.84 Å². The van der Waals surface area contributed by atoms with Crippen LogP contribution < -0.4 is 5.32 Å². The summed E-state index contributed by atoms with van der Waals surface area (Å²) in [6.07, 6.45) is 3.88. The van der Waals surface area contributed by atoms with Crippen LogP contribution in [0.3, 0.4) is 0 Å². The number of amides is 2. The number of carbonyl (C=O) groups excluding carboxylic acids is 2. The summed E-state index contributed by atoms with van der Waals surface area (Å²) in [7, 11) is 1.53. The van der Waals surface area contributed by atoms with Gasteiger partial charge in [0.15, 0.2) is 0 Å². The topological polar surface area (TPSA) is 114 Å². The molecule has 1 atom stereocenters. The van der Waals surface area contributed by atoms with Crippen LogP contribution in [0.2, 0.25) is 0 Å². The van der Waals surface area contributed by atoms with Gasteiger partial charge in [-0.3, -0.25) is 14.6 Å². The quantitative estimate of drug-likeness (QED) is 0.869. The van der Waals surface area contributed by atoms with Gasteiger partial charge in [0.2, 0.25) is 17.6 Å². The summed E-state index contributed by atoms with van der Waals surface area (Å²) in [5, 5.41) is 12.1. The first-order valence-electron chi connectivity index (χ1n) is 8.34. The summed E-state index contributed by atoms with van der Waals surface area (Å²) in [5.74, 6) is 0.287. The first kappa shape index (κ1) is 17.7. The van der Waals surface area contributed by atoms with Crippen LogP contribution in [0.4, 0.5) is 0 Å². The lowest BCUT2D eigenvalue weighted by Gasteiger charge is -2.22. The van der Waals surface area contributed by atoms with Gasteiger partial charge >= 0.3 is 0 Å². The van der Waals surface area contributed by atoms with E-state index < -0.39 is 6.04 Å². The first-order valence-corrected chi connectivity index (χ1v) is 8.34. The van der Waals surface area contributed by atoms with Crippen LogP contribution in [0.5, 0.6) is 0 Å². The molecule has 1 N–H and O–H groups in total. The van der Waals surface area contributed by atoms with Gasteiger partial charge in [-0.05, 0) is 18.1 Å². The molecule has 0 fully saturated rings. The van der Waals surface area contributed by atoms with Crippen molar-refractivity contribution in [1.82, 2.24) is 25.5 Å². The molecule has 1 unspecified atom stereocenters. The van der Waals surface area contributed by atoms with Crippen LogP contribution in [0.25, 0.3) is 11.4 Å². The van der Waals surface area contributed by atoms with Crippen molar-refractivity contribution in [2.45, 2.75) is 32.7 Å². The number of rotatable bonds is 5. The van der Waals surface area contributed by atoms with Crippen molar-refractivity contribution in [3.05, 3.63) is 30.4 Å². The van der Waals surface area contributed by atoms with E-state index in [0.717, 1.165) is 5.56 Å². The summed E-state index contributed by atoms with van der Waals surface area (Å²) >= 11 is 0. The third-order valence-electron chi connectivity index (χ3n) is 4.05. The summed E-state index contributed by atoms with van der Waals surface area (Å²) in [6.45, 7) is 3.88. The van der Waals surface area contributed by atoms with Crippen LogP contribution in [-0.2, 0) is 9.59 Å². The fourth-order valence-corrected chi connectivity index (χ4v) is 2.54. The number of hydrazone groups is 1. The van der Waals surface area contributed by atoms with Gasteiger partial charge in [0.25, 0.3) is 5.91 Å². The predicted octanol–water partition coefficient (Wildman–Crippen LogP) is 1.55. The molecule has 9 heteroatoms. The van der Waals surface area contributed by atoms with Crippen LogP contribution in [0, 0.1) is 5.92 Å². The molecule has 9 nitrogen and oxygen atoms in total. The third kappa shape index (κ3) is 3.76. The standard InChI is InChI=1S/C17H20N6O3/c1-10(2)14(19-16(25)12-6-7-13(24)23(3)21-12)17-20-15(22-26-17)11-5-4-8-18-9-11/h4-5,8-10,14H,6-7H2,1-3H3,(H,19,25). The van der Waals surface area contributed by atoms with Gasteiger partial charge in [-0.25, -0.2) is 5.01 Å². The Bertz CT molecular complexity index is 830. The van der Waals surface area contributed by atoms with E-state index in [4.69, 9.17) is 4.52 Å². The van der Waals surface area contributed by atoms with Crippen molar-refractivity contribution in [2.75, 3.05) is 7.05 Å². The lowest BCUT2D eigenvalue weighted by molar-refractivity contribution is -0.130. The van der Waals surface area contributed by atoms with Crippen LogP contribution >= 0.6 is 0 Å². The predicted molar refractivity (Wildman–Crippen MR) is 92.7 cm³/mol. The highest BCUT2D eigenvalue weighted by molar-refractivity contribution is 6.39. The van der Waals surface area contributed by atoms with E-state index in [1.54, 1.807) is 18.5 Å². The van der Waals surface area contributed by atoms with Crippen molar-refractivity contribution >= 4 is 17.5 Å². The van der Waals surface area contributed by atoms with Crippen molar-refractivity contribution in [3.8, 4) is 11.4 Å². The fraction of sp³-hybridized carbons (Fsp3) is 0.412. The summed E-state index contributed by atoms with van der Waals surface area (Å²) in [4.78, 5) is 32.5. The average molecular weight is 356 g/mol. The molecular weight excluding hydrogens is 336 g/mol. The zero-order chi connectivity index (χ0) is 18.7. The molecule has 3 heterocycles. The lowest BCUT2D eigenvalue weighted by Crippen LogP contribution is -2.40. The van der Waals surface area contributed by atoms with Gasteiger partial charge in [-0.2, -0.15) is 10.1 Å². The molecule has 3 rings (SSSR count). The Morgan fingerprint density at radius 3 is 2.81 bits per heavy atom. The maximum Gasteiger partial charge on any atom is 0.268 e. The van der Waals surface area contributed by atoms with Gasteiger partial charge in [0.05, 0.1) is 0 Å². The van der Waals surface area contributed by atoms with Gasteiger partial charge in [-0.15, -0.1) is 0 Å². The molecule has 2 aromatic heterocycles. The number of carbonyl (C=O) groups is 2. The Kier molecular flexibility index (Phi) is 5.06. The number of hydrogen-bond donors (Lipinski definition) is 1. The fourth-order valence-electron chi connectivity index (χ4n) is 2.54. The van der Waals surface area contributed by atoms with E-state index in [2.05, 4.69) is 25.5 Å². The molecule has 2 amide bonds. The molecule has 0 saturated heterocycles. The van der Waals surface area contributed by atoms with Crippen LogP contribution in [0.1, 0.15) is 38.6 Å². The molecule has 0 bridgehead atoms. The van der Waals surface area contributed by atoms with E-state index in [9.17, 15) is 9.59 Å². The van der Waals surface area contributed by atoms with Gasteiger partial charge in [-0.1, -0.05) is 19.0 Å². The SMILES string of the molecule is CC(C)C(NC(=O)C1=NN(C)C(=O)CC1)c1nc(-c2cccnc2)no1. The third-order valence-corrected chi connectivity index (χ3v) is 4.05. The molecule has 1 aliphatic heterocycles. The first-order chi connectivity index (χ1) is 12.5. The number of hydrogen-bond acceptors (Lipinski definition) is 7. The molecule has 136 valence electrons. The Balaban J connectivity index is 1.78. The second-order valence-corrected chi connectivity index (χ2v) is 6.36. The molecular formula is C17H20N6O3. The molecule has 0 saturated carbocycles. The van der Waals surface area contributed by atoms with Crippen LogP contribution in [0.15, 0.2) is 34.2 Å². The van der Waals surface area contributed by atoms with E-state index >= 15 is 0 Å². The normalized spacial score (nSPS) is 15.8. The smallest absolute Gasteiger partial charge is 0.268 e. The molecule has 0 spiro atoms. The number of nitrogens with one attached hydrogen (secondary N) is 1. The molecule has 0 aromatic carbocycles.